The average Bonchev–Trinajstić information content (AvgIpc) is 3.40. The van der Waals surface area contributed by atoms with Crippen LogP contribution in [0.3, 0.4) is 0 Å². The smallest absolute Gasteiger partial charge is 0.348 e. The monoisotopic (exact) mass is 395 g/mol. The van der Waals surface area contributed by atoms with Gasteiger partial charge in [0, 0.05) is 10.4 Å². The molecule has 2 heterocycles. The Kier molecular flexibility index (Phi) is 5.58. The topological polar surface area (TPSA) is 59.8 Å². The highest BCUT2D eigenvalue weighted by Gasteiger charge is 2.23. The summed E-state index contributed by atoms with van der Waals surface area (Å²) in [5.74, 6) is -0.000195. The maximum Gasteiger partial charge on any atom is 0.348 e. The van der Waals surface area contributed by atoms with Gasteiger partial charge in [0.2, 0.25) is 0 Å². The second-order valence-electron chi connectivity index (χ2n) is 6.73. The van der Waals surface area contributed by atoms with Gasteiger partial charge in [0.25, 0.3) is 5.91 Å². The Balaban J connectivity index is 1.44. The summed E-state index contributed by atoms with van der Waals surface area (Å²) in [6.45, 7) is 0.0588. The molecule has 28 heavy (non-hydrogen) atoms. The Hall–Kier alpha value is -2.86. The molecule has 1 aliphatic rings. The first kappa shape index (κ1) is 18.5. The van der Waals surface area contributed by atoms with Crippen LogP contribution in [0.5, 0.6) is 0 Å². The van der Waals surface area contributed by atoms with Crippen molar-refractivity contribution in [1.82, 2.24) is 4.90 Å². The van der Waals surface area contributed by atoms with Crippen LogP contribution in [0.4, 0.5) is 0 Å². The molecule has 0 spiro atoms. The molecule has 5 nitrogen and oxygen atoms in total. The Labute approximate surface area is 167 Å². The highest BCUT2D eigenvalue weighted by Crippen LogP contribution is 2.26. The minimum absolute atomic E-state index is 0.237. The van der Waals surface area contributed by atoms with Crippen molar-refractivity contribution in [3.63, 3.8) is 0 Å². The first-order chi connectivity index (χ1) is 13.7. The van der Waals surface area contributed by atoms with Gasteiger partial charge in [-0.25, -0.2) is 4.79 Å². The van der Waals surface area contributed by atoms with Crippen molar-refractivity contribution in [2.75, 3.05) is 6.61 Å². The van der Waals surface area contributed by atoms with Gasteiger partial charge in [-0.2, -0.15) is 0 Å². The van der Waals surface area contributed by atoms with Crippen LogP contribution in [-0.4, -0.2) is 23.4 Å². The summed E-state index contributed by atoms with van der Waals surface area (Å²) >= 11 is 1.37. The minimum atomic E-state index is -0.467. The molecule has 1 amide bonds. The number of furan rings is 1. The molecule has 0 radical (unpaired) electrons. The molecular weight excluding hydrogens is 374 g/mol. The predicted octanol–water partition coefficient (Wildman–Crippen LogP) is 5.14. The van der Waals surface area contributed by atoms with E-state index in [1.165, 1.54) is 11.3 Å². The quantitative estimate of drug-likeness (QED) is 0.543. The lowest BCUT2D eigenvalue weighted by Crippen LogP contribution is -2.34. The van der Waals surface area contributed by atoms with Crippen LogP contribution in [0.1, 0.15) is 41.1 Å². The summed E-state index contributed by atoms with van der Waals surface area (Å²) < 4.78 is 11.8. The van der Waals surface area contributed by atoms with Crippen molar-refractivity contribution in [3.8, 4) is 0 Å². The number of esters is 1. The number of ether oxygens (including phenoxy) is 1. The lowest BCUT2D eigenvalue weighted by atomic mass is 10.0. The SMILES string of the molecule is O=C(OCC(=O)N(Cc1ccco1)C1=CCCCC1)c1cc2ccccc2s1. The van der Waals surface area contributed by atoms with Gasteiger partial charge in [-0.15, -0.1) is 11.3 Å². The lowest BCUT2D eigenvalue weighted by Gasteiger charge is -2.26. The fourth-order valence-electron chi connectivity index (χ4n) is 3.33. The van der Waals surface area contributed by atoms with Gasteiger partial charge in [-0.1, -0.05) is 24.3 Å². The van der Waals surface area contributed by atoms with Crippen molar-refractivity contribution < 1.29 is 18.7 Å². The van der Waals surface area contributed by atoms with Gasteiger partial charge in [0.05, 0.1) is 12.8 Å². The third-order valence-corrected chi connectivity index (χ3v) is 5.86. The number of amides is 1. The normalized spacial score (nSPS) is 13.9. The van der Waals surface area contributed by atoms with Crippen LogP contribution < -0.4 is 0 Å². The number of hydrogen-bond donors (Lipinski definition) is 0. The molecule has 0 saturated carbocycles. The van der Waals surface area contributed by atoms with Crippen molar-refractivity contribution in [2.24, 2.45) is 0 Å². The van der Waals surface area contributed by atoms with Crippen molar-refractivity contribution in [2.45, 2.75) is 32.2 Å². The van der Waals surface area contributed by atoms with Gasteiger partial charge in [0.1, 0.15) is 10.6 Å². The fourth-order valence-corrected chi connectivity index (χ4v) is 4.29. The van der Waals surface area contributed by atoms with Gasteiger partial charge in [-0.05, 0) is 55.3 Å². The number of carbonyl (C=O) groups excluding carboxylic acids is 2. The maximum absolute atomic E-state index is 12.8. The highest BCUT2D eigenvalue weighted by molar-refractivity contribution is 7.20. The van der Waals surface area contributed by atoms with E-state index in [0.29, 0.717) is 17.2 Å². The molecule has 144 valence electrons. The van der Waals surface area contributed by atoms with E-state index in [-0.39, 0.29) is 12.5 Å². The molecule has 4 rings (SSSR count). The number of allylic oxidation sites excluding steroid dienone is 2. The second kappa shape index (κ2) is 8.44. The molecule has 1 aromatic carbocycles. The van der Waals surface area contributed by atoms with Crippen LogP contribution in [0, 0.1) is 0 Å². The van der Waals surface area contributed by atoms with E-state index in [1.54, 1.807) is 23.3 Å². The molecule has 0 N–H and O–H groups in total. The van der Waals surface area contributed by atoms with Crippen molar-refractivity contribution >= 4 is 33.3 Å². The van der Waals surface area contributed by atoms with E-state index >= 15 is 0 Å². The van der Waals surface area contributed by atoms with Crippen LogP contribution in [0.2, 0.25) is 0 Å². The Bertz CT molecular complexity index is 970. The number of benzene rings is 1. The Morgan fingerprint density at radius 1 is 1.14 bits per heavy atom. The van der Waals surface area contributed by atoms with E-state index in [0.717, 1.165) is 41.5 Å². The van der Waals surface area contributed by atoms with Gasteiger partial charge in [-0.3, -0.25) is 4.79 Å². The Morgan fingerprint density at radius 3 is 2.79 bits per heavy atom. The van der Waals surface area contributed by atoms with Crippen LogP contribution in [-0.2, 0) is 16.1 Å². The van der Waals surface area contributed by atoms with E-state index in [4.69, 9.17) is 9.15 Å². The maximum atomic E-state index is 12.8. The largest absolute Gasteiger partial charge is 0.467 e. The summed E-state index contributed by atoms with van der Waals surface area (Å²) in [5.41, 5.74) is 0.977. The molecule has 3 aromatic rings. The van der Waals surface area contributed by atoms with Crippen molar-refractivity contribution in [3.05, 3.63) is 71.1 Å². The minimum Gasteiger partial charge on any atom is -0.467 e. The molecule has 0 aliphatic heterocycles. The number of nitrogens with zero attached hydrogens (tertiary/aromatic N) is 1. The molecule has 0 bridgehead atoms. The predicted molar refractivity (Wildman–Crippen MR) is 108 cm³/mol. The number of thiophene rings is 1. The second-order valence-corrected chi connectivity index (χ2v) is 7.81. The first-order valence-electron chi connectivity index (χ1n) is 9.38. The number of carbonyl (C=O) groups is 2. The standard InChI is InChI=1S/C22H21NO4S/c24-21(15-27-22(25)20-13-16-7-4-5-11-19(16)28-20)23(14-18-10-6-12-26-18)17-8-2-1-3-9-17/h4-8,10-13H,1-3,9,14-15H2. The van der Waals surface area contributed by atoms with Crippen LogP contribution in [0.25, 0.3) is 10.1 Å². The third kappa shape index (κ3) is 4.17. The molecule has 0 saturated heterocycles. The Morgan fingerprint density at radius 2 is 2.04 bits per heavy atom. The van der Waals surface area contributed by atoms with E-state index in [1.807, 2.05) is 30.3 Å². The average molecular weight is 395 g/mol. The van der Waals surface area contributed by atoms with Gasteiger partial charge < -0.3 is 14.1 Å². The summed E-state index contributed by atoms with van der Waals surface area (Å²) in [6.07, 6.45) is 7.67. The zero-order chi connectivity index (χ0) is 19.3. The lowest BCUT2D eigenvalue weighted by molar-refractivity contribution is -0.133. The fraction of sp³-hybridized carbons (Fsp3) is 0.273. The van der Waals surface area contributed by atoms with Crippen molar-refractivity contribution in [1.29, 1.82) is 0 Å². The van der Waals surface area contributed by atoms with E-state index in [2.05, 4.69) is 6.08 Å². The third-order valence-electron chi connectivity index (χ3n) is 4.76. The molecule has 0 atom stereocenters. The molecule has 0 unspecified atom stereocenters. The molecule has 0 fully saturated rings. The molecular formula is C22H21NO4S. The summed E-state index contributed by atoms with van der Waals surface area (Å²) in [7, 11) is 0. The van der Waals surface area contributed by atoms with E-state index in [9.17, 15) is 9.59 Å². The highest BCUT2D eigenvalue weighted by atomic mass is 32.1. The summed E-state index contributed by atoms with van der Waals surface area (Å²) in [6, 6.07) is 13.2. The first-order valence-corrected chi connectivity index (χ1v) is 10.2. The zero-order valence-corrected chi connectivity index (χ0v) is 16.2. The van der Waals surface area contributed by atoms with Crippen LogP contribution in [0.15, 0.2) is 64.9 Å². The summed E-state index contributed by atoms with van der Waals surface area (Å²) in [5, 5.41) is 0.998. The number of hydrogen-bond acceptors (Lipinski definition) is 5. The number of rotatable bonds is 6. The van der Waals surface area contributed by atoms with Gasteiger partial charge >= 0.3 is 5.97 Å². The van der Waals surface area contributed by atoms with E-state index < -0.39 is 5.97 Å². The van der Waals surface area contributed by atoms with Gasteiger partial charge in [0.15, 0.2) is 6.61 Å². The molecule has 2 aromatic heterocycles. The molecule has 1 aliphatic carbocycles. The number of fused-ring (bicyclic) bond motifs is 1. The molecule has 6 heteroatoms. The summed E-state index contributed by atoms with van der Waals surface area (Å²) in [4.78, 5) is 27.4. The zero-order valence-electron chi connectivity index (χ0n) is 15.4. The van der Waals surface area contributed by atoms with Crippen LogP contribution >= 0.6 is 11.3 Å².